The number of piperidine rings is 1. The van der Waals surface area contributed by atoms with Gasteiger partial charge in [0.05, 0.1) is 0 Å². The van der Waals surface area contributed by atoms with E-state index in [0.717, 1.165) is 25.3 Å². The first-order valence-corrected chi connectivity index (χ1v) is 10.3. The predicted molar refractivity (Wildman–Crippen MR) is 120 cm³/mol. The minimum absolute atomic E-state index is 0. The zero-order chi connectivity index (χ0) is 17.5. The Labute approximate surface area is 178 Å². The molecule has 1 aromatic rings. The summed E-state index contributed by atoms with van der Waals surface area (Å²) in [5, 5.41) is 3.57. The van der Waals surface area contributed by atoms with Gasteiger partial charge in [0.15, 0.2) is 0 Å². The third kappa shape index (κ3) is 7.45. The van der Waals surface area contributed by atoms with E-state index in [4.69, 9.17) is 4.74 Å². The van der Waals surface area contributed by atoms with Crippen LogP contribution in [0.15, 0.2) is 24.3 Å². The van der Waals surface area contributed by atoms with Gasteiger partial charge in [-0.25, -0.2) is 0 Å². The second kappa shape index (κ2) is 12.2. The summed E-state index contributed by atoms with van der Waals surface area (Å²) in [6.07, 6.45) is 7.81. The van der Waals surface area contributed by atoms with E-state index in [1.54, 1.807) is 0 Å². The summed E-state index contributed by atoms with van der Waals surface area (Å²) < 4.78 is 6.19. The Hall–Kier alpha value is -0.480. The molecule has 0 amide bonds. The molecule has 0 radical (unpaired) electrons. The van der Waals surface area contributed by atoms with Crippen molar-refractivity contribution in [1.82, 2.24) is 10.2 Å². The van der Waals surface area contributed by atoms with Crippen molar-refractivity contribution in [2.75, 3.05) is 39.3 Å². The monoisotopic (exact) mass is 416 g/mol. The van der Waals surface area contributed by atoms with Crippen LogP contribution in [-0.2, 0) is 6.42 Å². The second-order valence-electron chi connectivity index (χ2n) is 8.54. The van der Waals surface area contributed by atoms with Crippen molar-refractivity contribution >= 4 is 24.8 Å². The van der Waals surface area contributed by atoms with Crippen molar-refractivity contribution in [3.8, 4) is 5.75 Å². The number of nitrogens with one attached hydrogen (secondary N) is 1. The van der Waals surface area contributed by atoms with Crippen LogP contribution >= 0.6 is 24.8 Å². The number of nitrogens with zero attached hydrogens (tertiary/aromatic N) is 1. The molecule has 1 fully saturated rings. The summed E-state index contributed by atoms with van der Waals surface area (Å²) in [6.45, 7) is 11.3. The third-order valence-electron chi connectivity index (χ3n) is 5.89. The van der Waals surface area contributed by atoms with Crippen LogP contribution in [0.4, 0.5) is 0 Å². The fourth-order valence-electron chi connectivity index (χ4n) is 4.62. The number of para-hydroxylation sites is 1. The Morgan fingerprint density at radius 3 is 2.56 bits per heavy atom. The molecule has 5 heteroatoms. The molecular formula is C22H38Cl2N2O. The van der Waals surface area contributed by atoms with Gasteiger partial charge in [-0.15, -0.1) is 24.8 Å². The summed E-state index contributed by atoms with van der Waals surface area (Å²) in [4.78, 5) is 2.68. The number of fused-ring (bicyclic) bond motifs is 1. The number of rotatable bonds is 2. The predicted octanol–water partition coefficient (Wildman–Crippen LogP) is 4.96. The van der Waals surface area contributed by atoms with Crippen molar-refractivity contribution in [3.05, 3.63) is 29.8 Å². The summed E-state index contributed by atoms with van der Waals surface area (Å²) in [5.74, 6) is 1.81. The van der Waals surface area contributed by atoms with E-state index in [1.165, 1.54) is 63.8 Å². The quantitative estimate of drug-likeness (QED) is 0.736. The molecule has 0 atom stereocenters. The highest BCUT2D eigenvalue weighted by molar-refractivity contribution is 5.85. The van der Waals surface area contributed by atoms with E-state index < -0.39 is 0 Å². The topological polar surface area (TPSA) is 24.5 Å². The molecule has 1 spiro atoms. The molecule has 0 unspecified atom stereocenters. The maximum Gasteiger partial charge on any atom is 0.122 e. The van der Waals surface area contributed by atoms with Crippen molar-refractivity contribution in [3.63, 3.8) is 0 Å². The molecule has 3 rings (SSSR count). The molecule has 1 aromatic carbocycles. The summed E-state index contributed by atoms with van der Waals surface area (Å²) in [7, 11) is 0. The Kier molecular flexibility index (Phi) is 11.1. The van der Waals surface area contributed by atoms with E-state index in [-0.39, 0.29) is 24.8 Å². The average Bonchev–Trinajstić information content (AvgIpc) is 2.59. The molecular weight excluding hydrogens is 379 g/mol. The molecule has 2 aliphatic heterocycles. The van der Waals surface area contributed by atoms with E-state index in [1.807, 2.05) is 0 Å². The maximum absolute atomic E-state index is 6.19. The van der Waals surface area contributed by atoms with Crippen LogP contribution in [0.2, 0.25) is 0 Å². The first-order chi connectivity index (χ1) is 12.2. The zero-order valence-corrected chi connectivity index (χ0v) is 18.7. The van der Waals surface area contributed by atoms with Gasteiger partial charge in [-0.1, -0.05) is 38.5 Å². The molecule has 0 aliphatic carbocycles. The first-order valence-electron chi connectivity index (χ1n) is 10.3. The highest BCUT2D eigenvalue weighted by Crippen LogP contribution is 2.36. The van der Waals surface area contributed by atoms with Crippen LogP contribution in [0, 0.1) is 11.3 Å². The van der Waals surface area contributed by atoms with Crippen LogP contribution in [0.25, 0.3) is 0 Å². The van der Waals surface area contributed by atoms with Crippen LogP contribution in [0.1, 0.15) is 51.5 Å². The van der Waals surface area contributed by atoms with Crippen LogP contribution in [0.3, 0.4) is 0 Å². The fraction of sp³-hybridized carbons (Fsp3) is 0.727. The third-order valence-corrected chi connectivity index (χ3v) is 5.89. The SMILES string of the molecule is CC(C)CN1CCOc2ccccc2CCCCC2(CCNCC2)C1.Cl.Cl. The highest BCUT2D eigenvalue weighted by Gasteiger charge is 2.33. The molecule has 3 nitrogen and oxygen atoms in total. The molecule has 156 valence electrons. The van der Waals surface area contributed by atoms with E-state index >= 15 is 0 Å². The summed E-state index contributed by atoms with van der Waals surface area (Å²) in [6, 6.07) is 8.63. The molecule has 1 saturated heterocycles. The number of ether oxygens (including phenoxy) is 1. The molecule has 0 saturated carbocycles. The largest absolute Gasteiger partial charge is 0.492 e. The Balaban J connectivity index is 0.00000182. The van der Waals surface area contributed by atoms with Crippen molar-refractivity contribution < 1.29 is 4.74 Å². The number of benzene rings is 1. The molecule has 27 heavy (non-hydrogen) atoms. The average molecular weight is 417 g/mol. The Bertz CT molecular complexity index is 533. The standard InChI is InChI=1S/C22H36N2O.2ClH/c1-19(2)17-24-15-16-25-21-9-4-3-7-20(21)8-5-6-10-22(18-24)11-13-23-14-12-22;;/h3-4,7,9,19,23H,5-6,8,10-18H2,1-2H3;2*1H. The van der Waals surface area contributed by atoms with Gasteiger partial charge in [-0.05, 0) is 68.2 Å². The second-order valence-corrected chi connectivity index (χ2v) is 8.54. The number of halogens is 2. The summed E-state index contributed by atoms with van der Waals surface area (Å²) >= 11 is 0. The minimum Gasteiger partial charge on any atom is -0.492 e. The van der Waals surface area contributed by atoms with Crippen LogP contribution in [0.5, 0.6) is 5.75 Å². The zero-order valence-electron chi connectivity index (χ0n) is 17.0. The van der Waals surface area contributed by atoms with Gasteiger partial charge in [0, 0.05) is 19.6 Å². The van der Waals surface area contributed by atoms with E-state index in [2.05, 4.69) is 48.3 Å². The highest BCUT2D eigenvalue weighted by atomic mass is 35.5. The minimum atomic E-state index is 0. The lowest BCUT2D eigenvalue weighted by Crippen LogP contribution is -2.46. The van der Waals surface area contributed by atoms with Crippen LogP contribution in [-0.4, -0.2) is 44.2 Å². The lowest BCUT2D eigenvalue weighted by Gasteiger charge is -2.42. The van der Waals surface area contributed by atoms with Crippen LogP contribution < -0.4 is 10.1 Å². The van der Waals surface area contributed by atoms with Gasteiger partial charge in [-0.3, -0.25) is 4.90 Å². The molecule has 0 bridgehead atoms. The van der Waals surface area contributed by atoms with Gasteiger partial charge in [0.2, 0.25) is 0 Å². The number of hydrogen-bond donors (Lipinski definition) is 1. The maximum atomic E-state index is 6.19. The van der Waals surface area contributed by atoms with Gasteiger partial charge in [0.25, 0.3) is 0 Å². The number of aryl methyl sites for hydroxylation is 1. The fourth-order valence-corrected chi connectivity index (χ4v) is 4.62. The molecule has 2 aliphatic rings. The molecule has 0 aromatic heterocycles. The normalized spacial score (nSPS) is 21.0. The lowest BCUT2D eigenvalue weighted by atomic mass is 9.74. The first kappa shape index (κ1) is 24.6. The van der Waals surface area contributed by atoms with E-state index in [9.17, 15) is 0 Å². The van der Waals surface area contributed by atoms with Crippen molar-refractivity contribution in [2.45, 2.75) is 52.4 Å². The van der Waals surface area contributed by atoms with Crippen molar-refractivity contribution in [2.24, 2.45) is 11.3 Å². The van der Waals surface area contributed by atoms with E-state index in [0.29, 0.717) is 11.3 Å². The number of hydrogen-bond acceptors (Lipinski definition) is 3. The van der Waals surface area contributed by atoms with Gasteiger partial charge >= 0.3 is 0 Å². The van der Waals surface area contributed by atoms with Gasteiger partial charge in [-0.2, -0.15) is 0 Å². The van der Waals surface area contributed by atoms with Gasteiger partial charge < -0.3 is 10.1 Å². The van der Waals surface area contributed by atoms with Gasteiger partial charge in [0.1, 0.15) is 12.4 Å². The summed E-state index contributed by atoms with van der Waals surface area (Å²) in [5.41, 5.74) is 1.90. The molecule has 2 heterocycles. The smallest absolute Gasteiger partial charge is 0.122 e. The molecule has 1 N–H and O–H groups in total. The Morgan fingerprint density at radius 1 is 1.07 bits per heavy atom. The lowest BCUT2D eigenvalue weighted by molar-refractivity contribution is 0.0803. The van der Waals surface area contributed by atoms with Crippen molar-refractivity contribution in [1.29, 1.82) is 0 Å². The Morgan fingerprint density at radius 2 is 1.81 bits per heavy atom.